The number of esters is 1. The van der Waals surface area contributed by atoms with Crippen LogP contribution in [0.15, 0.2) is 42.5 Å². The van der Waals surface area contributed by atoms with Crippen LogP contribution in [0.25, 0.3) is 10.9 Å². The van der Waals surface area contributed by atoms with E-state index in [9.17, 15) is 14.4 Å². The van der Waals surface area contributed by atoms with Gasteiger partial charge in [-0.05, 0) is 49.4 Å². The fraction of sp³-hybridized carbons (Fsp3) is 0.143. The van der Waals surface area contributed by atoms with Crippen LogP contribution in [-0.4, -0.2) is 36.0 Å². The van der Waals surface area contributed by atoms with Crippen molar-refractivity contribution in [1.29, 1.82) is 0 Å². The molecule has 0 saturated carbocycles. The van der Waals surface area contributed by atoms with Crippen LogP contribution in [0.2, 0.25) is 10.0 Å². The maximum Gasteiger partial charge on any atom is 0.344 e. The second kappa shape index (κ2) is 9.63. The first-order valence-corrected chi connectivity index (χ1v) is 9.73. The van der Waals surface area contributed by atoms with E-state index in [1.54, 1.807) is 19.1 Å². The molecule has 0 saturated heterocycles. The predicted octanol–water partition coefficient (Wildman–Crippen LogP) is 3.51. The molecule has 10 heteroatoms. The number of aryl methyl sites for hydroxylation is 1. The normalized spacial score (nSPS) is 10.5. The number of nitrogens with two attached hydrogens (primary N) is 1. The first kappa shape index (κ1) is 22.3. The van der Waals surface area contributed by atoms with Gasteiger partial charge in [-0.1, -0.05) is 23.2 Å². The van der Waals surface area contributed by atoms with E-state index < -0.39 is 31.0 Å². The molecule has 0 aliphatic rings. The van der Waals surface area contributed by atoms with Crippen molar-refractivity contribution < 1.29 is 23.9 Å². The van der Waals surface area contributed by atoms with E-state index in [0.29, 0.717) is 27.2 Å². The Hall–Kier alpha value is -3.36. The van der Waals surface area contributed by atoms with E-state index in [-0.39, 0.29) is 10.8 Å². The van der Waals surface area contributed by atoms with E-state index >= 15 is 0 Å². The molecule has 3 N–H and O–H groups in total. The third-order valence-electron chi connectivity index (χ3n) is 4.13. The van der Waals surface area contributed by atoms with Crippen LogP contribution in [0, 0.1) is 6.92 Å². The number of carbonyl (C=O) groups excluding carboxylic acids is 3. The molecule has 0 fully saturated rings. The highest BCUT2D eigenvalue weighted by atomic mass is 35.5. The molecule has 0 aliphatic carbocycles. The number of primary amides is 1. The number of aromatic nitrogens is 1. The van der Waals surface area contributed by atoms with Gasteiger partial charge >= 0.3 is 5.97 Å². The third kappa shape index (κ3) is 5.62. The van der Waals surface area contributed by atoms with Gasteiger partial charge in [0.05, 0.1) is 10.0 Å². The molecule has 0 aliphatic heterocycles. The summed E-state index contributed by atoms with van der Waals surface area (Å²) >= 11 is 12.4. The van der Waals surface area contributed by atoms with Crippen LogP contribution in [0.4, 0.5) is 5.69 Å². The topological polar surface area (TPSA) is 121 Å². The van der Waals surface area contributed by atoms with Gasteiger partial charge in [0.25, 0.3) is 5.91 Å². The molecule has 31 heavy (non-hydrogen) atoms. The number of nitrogens with one attached hydrogen (secondary N) is 1. The highest BCUT2D eigenvalue weighted by Crippen LogP contribution is 2.37. The Morgan fingerprint density at radius 3 is 2.42 bits per heavy atom. The lowest BCUT2D eigenvalue weighted by molar-refractivity contribution is -0.149. The summed E-state index contributed by atoms with van der Waals surface area (Å²) in [6.07, 6.45) is 0. The lowest BCUT2D eigenvalue weighted by Gasteiger charge is -2.12. The Bertz CT molecular complexity index is 1170. The fourth-order valence-electron chi connectivity index (χ4n) is 2.66. The van der Waals surface area contributed by atoms with Gasteiger partial charge in [-0.2, -0.15) is 0 Å². The molecule has 2 amide bonds. The van der Waals surface area contributed by atoms with Crippen LogP contribution in [0.3, 0.4) is 0 Å². The monoisotopic (exact) mass is 461 g/mol. The second-order valence-corrected chi connectivity index (χ2v) is 7.27. The summed E-state index contributed by atoms with van der Waals surface area (Å²) in [6, 6.07) is 11.0. The Morgan fingerprint density at radius 2 is 1.74 bits per heavy atom. The van der Waals surface area contributed by atoms with Crippen molar-refractivity contribution in [1.82, 2.24) is 4.98 Å². The molecule has 8 nitrogen and oxygen atoms in total. The predicted molar refractivity (Wildman–Crippen MR) is 117 cm³/mol. The maximum atomic E-state index is 12.0. The molecule has 0 atom stereocenters. The van der Waals surface area contributed by atoms with Gasteiger partial charge in [0.2, 0.25) is 5.91 Å². The third-order valence-corrected chi connectivity index (χ3v) is 4.72. The molecule has 1 heterocycles. The minimum absolute atomic E-state index is 0.195. The summed E-state index contributed by atoms with van der Waals surface area (Å²) in [6.45, 7) is 0.797. The Morgan fingerprint density at radius 1 is 1.03 bits per heavy atom. The number of hydrogen-bond donors (Lipinski definition) is 2. The number of fused-ring (bicyclic) bond motifs is 1. The van der Waals surface area contributed by atoms with Crippen molar-refractivity contribution in [3.63, 3.8) is 0 Å². The molecular formula is C21H17Cl2N3O5. The summed E-state index contributed by atoms with van der Waals surface area (Å²) in [5.74, 6) is -1.72. The molecule has 1 aromatic heterocycles. The fourth-order valence-corrected chi connectivity index (χ4v) is 3.23. The summed E-state index contributed by atoms with van der Waals surface area (Å²) in [5, 5.41) is 3.76. The molecule has 0 unspecified atom stereocenters. The lowest BCUT2D eigenvalue weighted by Crippen LogP contribution is -2.23. The zero-order valence-corrected chi connectivity index (χ0v) is 17.8. The van der Waals surface area contributed by atoms with Crippen LogP contribution in [-0.2, 0) is 14.3 Å². The van der Waals surface area contributed by atoms with Gasteiger partial charge in [0.15, 0.2) is 19.0 Å². The minimum atomic E-state index is -0.772. The van der Waals surface area contributed by atoms with Crippen LogP contribution >= 0.6 is 23.2 Å². The van der Waals surface area contributed by atoms with E-state index in [1.807, 2.05) is 0 Å². The van der Waals surface area contributed by atoms with Gasteiger partial charge in [-0.15, -0.1) is 0 Å². The summed E-state index contributed by atoms with van der Waals surface area (Å²) in [5.41, 5.74) is 7.02. The SMILES string of the molecule is Cc1ccc2c(Cl)cc(Cl)c(OCC(=O)OCC(=O)Nc3ccc(C(N)=O)cc3)c2n1. The number of amides is 2. The minimum Gasteiger partial charge on any atom is -0.478 e. The number of halogens is 2. The van der Waals surface area contributed by atoms with E-state index in [2.05, 4.69) is 10.3 Å². The van der Waals surface area contributed by atoms with E-state index in [4.69, 9.17) is 38.4 Å². The van der Waals surface area contributed by atoms with Crippen molar-refractivity contribution in [3.8, 4) is 5.75 Å². The lowest BCUT2D eigenvalue weighted by atomic mass is 10.2. The van der Waals surface area contributed by atoms with Crippen molar-refractivity contribution in [2.75, 3.05) is 18.5 Å². The average Bonchev–Trinajstić information content (AvgIpc) is 2.72. The zero-order valence-electron chi connectivity index (χ0n) is 16.3. The highest BCUT2D eigenvalue weighted by Gasteiger charge is 2.16. The summed E-state index contributed by atoms with van der Waals surface area (Å²) in [7, 11) is 0. The smallest absolute Gasteiger partial charge is 0.344 e. The molecule has 0 radical (unpaired) electrons. The number of hydrogen-bond acceptors (Lipinski definition) is 6. The first-order valence-electron chi connectivity index (χ1n) is 8.98. The molecule has 3 rings (SSSR count). The zero-order chi connectivity index (χ0) is 22.5. The van der Waals surface area contributed by atoms with Crippen molar-refractivity contribution in [2.24, 2.45) is 5.73 Å². The largest absolute Gasteiger partial charge is 0.478 e. The number of carbonyl (C=O) groups is 3. The molecular weight excluding hydrogens is 445 g/mol. The van der Waals surface area contributed by atoms with Crippen LogP contribution in [0.1, 0.15) is 16.1 Å². The highest BCUT2D eigenvalue weighted by molar-refractivity contribution is 6.39. The maximum absolute atomic E-state index is 12.0. The van der Waals surface area contributed by atoms with Gasteiger partial charge in [-0.25, -0.2) is 9.78 Å². The summed E-state index contributed by atoms with van der Waals surface area (Å²) < 4.78 is 10.4. The number of rotatable bonds is 7. The Labute approximate surface area is 187 Å². The number of ether oxygens (including phenoxy) is 2. The Balaban J connectivity index is 1.56. The average molecular weight is 462 g/mol. The number of benzene rings is 2. The van der Waals surface area contributed by atoms with Gasteiger partial charge in [-0.3, -0.25) is 9.59 Å². The molecule has 3 aromatic rings. The van der Waals surface area contributed by atoms with Crippen molar-refractivity contribution in [3.05, 3.63) is 63.8 Å². The van der Waals surface area contributed by atoms with E-state index in [0.717, 1.165) is 5.69 Å². The number of nitrogens with zero attached hydrogens (tertiary/aromatic N) is 1. The van der Waals surface area contributed by atoms with E-state index in [1.165, 1.54) is 30.3 Å². The van der Waals surface area contributed by atoms with Crippen LogP contribution < -0.4 is 15.8 Å². The molecule has 0 spiro atoms. The van der Waals surface area contributed by atoms with Gasteiger partial charge in [0, 0.05) is 22.3 Å². The molecule has 0 bridgehead atoms. The Kier molecular flexibility index (Phi) is 6.94. The first-order chi connectivity index (χ1) is 14.7. The van der Waals surface area contributed by atoms with Gasteiger partial charge < -0.3 is 20.5 Å². The standard InChI is InChI=1S/C21H17Cl2N3O5/c1-11-2-7-14-15(22)8-16(23)20(19(14)25-11)31-10-18(28)30-9-17(27)26-13-5-3-12(4-6-13)21(24)29/h2-8H,9-10H2,1H3,(H2,24,29)(H,26,27). The van der Waals surface area contributed by atoms with Crippen molar-refractivity contribution >= 4 is 57.6 Å². The van der Waals surface area contributed by atoms with Crippen LogP contribution in [0.5, 0.6) is 5.75 Å². The summed E-state index contributed by atoms with van der Waals surface area (Å²) in [4.78, 5) is 39.4. The number of pyridine rings is 1. The number of anilines is 1. The molecule has 160 valence electrons. The van der Waals surface area contributed by atoms with Crippen molar-refractivity contribution in [2.45, 2.75) is 6.92 Å². The second-order valence-electron chi connectivity index (χ2n) is 6.46. The quantitative estimate of drug-likeness (QED) is 0.519. The molecule has 2 aromatic carbocycles. The van der Waals surface area contributed by atoms with Gasteiger partial charge in [0.1, 0.15) is 5.52 Å².